The fraction of sp³-hybridized carbons (Fsp3) is 0.818. The second-order valence-electron chi connectivity index (χ2n) is 9.08. The van der Waals surface area contributed by atoms with Crippen LogP contribution in [0.4, 0.5) is 0 Å². The molecule has 0 radical (unpaired) electrons. The van der Waals surface area contributed by atoms with E-state index in [1.807, 2.05) is 6.92 Å². The van der Waals surface area contributed by atoms with Crippen LogP contribution < -0.4 is 5.32 Å². The summed E-state index contributed by atoms with van der Waals surface area (Å²) >= 11 is 0. The number of piperidine rings is 1. The minimum atomic E-state index is -3.61. The van der Waals surface area contributed by atoms with Gasteiger partial charge < -0.3 is 14.7 Å². The predicted octanol–water partition coefficient (Wildman–Crippen LogP) is 2.71. The zero-order valence-corrected chi connectivity index (χ0v) is 20.0. The van der Waals surface area contributed by atoms with Gasteiger partial charge in [0.15, 0.2) is 5.76 Å². The Balaban J connectivity index is 1.42. The number of hydrogen-bond acceptors (Lipinski definition) is 6. The first-order valence-electron chi connectivity index (χ1n) is 11.7. The number of aryl methyl sites for hydroxylation is 2. The van der Waals surface area contributed by atoms with Crippen LogP contribution in [0.3, 0.4) is 0 Å². The minimum absolute atomic E-state index is 0.0860. The van der Waals surface area contributed by atoms with Crippen molar-refractivity contribution < 1.29 is 17.7 Å². The van der Waals surface area contributed by atoms with E-state index in [4.69, 9.17) is 4.52 Å². The Bertz CT molecular complexity index is 803. The monoisotopic (exact) mass is 454 g/mol. The second-order valence-corrected chi connectivity index (χ2v) is 11.0. The number of hydrogen-bond donors (Lipinski definition) is 1. The first-order valence-corrected chi connectivity index (χ1v) is 13.2. The summed E-state index contributed by atoms with van der Waals surface area (Å²) in [5.74, 6) is 0.499. The zero-order valence-electron chi connectivity index (χ0n) is 19.2. The molecule has 2 saturated heterocycles. The summed E-state index contributed by atoms with van der Waals surface area (Å²) in [5, 5.41) is 6.87. The van der Waals surface area contributed by atoms with Gasteiger partial charge in [-0.25, -0.2) is 8.42 Å². The van der Waals surface area contributed by atoms with Crippen molar-refractivity contribution in [1.82, 2.24) is 19.7 Å². The molecule has 1 unspecified atom stereocenters. The van der Waals surface area contributed by atoms with E-state index < -0.39 is 10.0 Å². The van der Waals surface area contributed by atoms with E-state index >= 15 is 0 Å². The van der Waals surface area contributed by atoms with E-state index in [1.165, 1.54) is 43.1 Å². The van der Waals surface area contributed by atoms with Crippen molar-refractivity contribution in [2.24, 2.45) is 11.8 Å². The van der Waals surface area contributed by atoms with Crippen LogP contribution in [-0.4, -0.2) is 68.0 Å². The maximum absolute atomic E-state index is 13.0. The number of aromatic nitrogens is 1. The van der Waals surface area contributed by atoms with Crippen LogP contribution in [0.2, 0.25) is 0 Å². The molecule has 0 aromatic carbocycles. The number of amides is 1. The zero-order chi connectivity index (χ0) is 22.4. The van der Waals surface area contributed by atoms with Crippen molar-refractivity contribution in [3.8, 4) is 0 Å². The van der Waals surface area contributed by atoms with E-state index in [0.717, 1.165) is 13.0 Å². The summed E-state index contributed by atoms with van der Waals surface area (Å²) in [5.41, 5.74) is 0.396. The first kappa shape index (κ1) is 24.2. The number of nitrogens with one attached hydrogen (secondary N) is 1. The number of sulfonamides is 1. The Hall–Kier alpha value is -1.45. The van der Waals surface area contributed by atoms with E-state index in [0.29, 0.717) is 43.9 Å². The van der Waals surface area contributed by atoms with Crippen molar-refractivity contribution in [2.45, 2.75) is 70.6 Å². The Kier molecular flexibility index (Phi) is 8.52. The van der Waals surface area contributed by atoms with Gasteiger partial charge in [0.2, 0.25) is 15.9 Å². The molecule has 2 aliphatic rings. The van der Waals surface area contributed by atoms with Gasteiger partial charge >= 0.3 is 0 Å². The van der Waals surface area contributed by atoms with Gasteiger partial charge in [-0.1, -0.05) is 24.9 Å². The van der Waals surface area contributed by atoms with E-state index in [2.05, 4.69) is 15.4 Å². The SMILES string of the molecule is Cc1noc(C)c1S(=O)(=O)N1CCC(C(C)C(=O)NCCCN2CCCCCC2)CC1. The number of nitrogens with zero attached hydrogens (tertiary/aromatic N) is 3. The van der Waals surface area contributed by atoms with Crippen molar-refractivity contribution >= 4 is 15.9 Å². The Labute approximate surface area is 186 Å². The topological polar surface area (TPSA) is 95.8 Å². The van der Waals surface area contributed by atoms with Gasteiger partial charge in [-0.15, -0.1) is 0 Å². The molecule has 3 rings (SSSR count). The molecule has 0 saturated carbocycles. The molecule has 0 aliphatic carbocycles. The van der Waals surface area contributed by atoms with Crippen LogP contribution in [0.5, 0.6) is 0 Å². The van der Waals surface area contributed by atoms with Gasteiger partial charge in [0.1, 0.15) is 10.6 Å². The highest BCUT2D eigenvalue weighted by atomic mass is 32.2. The Morgan fingerprint density at radius 3 is 2.35 bits per heavy atom. The normalized spacial score (nSPS) is 21.0. The molecule has 3 heterocycles. The smallest absolute Gasteiger partial charge is 0.248 e. The molecule has 0 bridgehead atoms. The highest BCUT2D eigenvalue weighted by molar-refractivity contribution is 7.89. The van der Waals surface area contributed by atoms with Gasteiger partial charge in [-0.05, 0) is 71.5 Å². The predicted molar refractivity (Wildman–Crippen MR) is 119 cm³/mol. The van der Waals surface area contributed by atoms with Gasteiger partial charge in [0, 0.05) is 25.6 Å². The van der Waals surface area contributed by atoms with Crippen molar-refractivity contribution in [3.05, 3.63) is 11.5 Å². The van der Waals surface area contributed by atoms with Gasteiger partial charge in [0.05, 0.1) is 0 Å². The molecule has 1 amide bonds. The average Bonchev–Trinajstić information content (AvgIpc) is 2.94. The third kappa shape index (κ3) is 6.08. The summed E-state index contributed by atoms with van der Waals surface area (Å²) < 4.78 is 32.5. The van der Waals surface area contributed by atoms with Crippen LogP contribution in [-0.2, 0) is 14.8 Å². The number of carbonyl (C=O) groups excluding carboxylic acids is 1. The largest absolute Gasteiger partial charge is 0.360 e. The van der Waals surface area contributed by atoms with E-state index in [1.54, 1.807) is 13.8 Å². The third-order valence-electron chi connectivity index (χ3n) is 6.83. The summed E-state index contributed by atoms with van der Waals surface area (Å²) in [6.45, 7) is 10.2. The molecule has 1 aromatic heterocycles. The van der Waals surface area contributed by atoms with Crippen molar-refractivity contribution in [3.63, 3.8) is 0 Å². The van der Waals surface area contributed by atoms with Gasteiger partial charge in [-0.2, -0.15) is 4.31 Å². The van der Waals surface area contributed by atoms with Crippen LogP contribution in [0.25, 0.3) is 0 Å². The molecule has 31 heavy (non-hydrogen) atoms. The molecular formula is C22H38N4O4S. The lowest BCUT2D eigenvalue weighted by molar-refractivity contribution is -0.126. The third-order valence-corrected chi connectivity index (χ3v) is 8.98. The van der Waals surface area contributed by atoms with Crippen LogP contribution in [0.1, 0.15) is 63.3 Å². The second kappa shape index (κ2) is 10.9. The summed E-state index contributed by atoms with van der Waals surface area (Å²) in [4.78, 5) is 15.3. The quantitative estimate of drug-likeness (QED) is 0.607. The molecule has 8 nitrogen and oxygen atoms in total. The van der Waals surface area contributed by atoms with Crippen LogP contribution in [0.15, 0.2) is 9.42 Å². The minimum Gasteiger partial charge on any atom is -0.360 e. The van der Waals surface area contributed by atoms with Crippen molar-refractivity contribution in [2.75, 3.05) is 39.3 Å². The lowest BCUT2D eigenvalue weighted by Gasteiger charge is -2.33. The molecule has 1 atom stereocenters. The fourth-order valence-electron chi connectivity index (χ4n) is 4.84. The molecule has 2 aliphatic heterocycles. The average molecular weight is 455 g/mol. The molecule has 1 N–H and O–H groups in total. The van der Waals surface area contributed by atoms with Gasteiger partial charge in [0.25, 0.3) is 0 Å². The Morgan fingerprint density at radius 2 is 1.77 bits per heavy atom. The summed E-state index contributed by atoms with van der Waals surface area (Å²) in [6.07, 6.45) is 7.59. The number of rotatable bonds is 8. The first-order chi connectivity index (χ1) is 14.8. The molecule has 2 fully saturated rings. The lowest BCUT2D eigenvalue weighted by atomic mass is 9.85. The number of carbonyl (C=O) groups is 1. The number of likely N-dealkylation sites (tertiary alicyclic amines) is 1. The van der Waals surface area contributed by atoms with Crippen LogP contribution >= 0.6 is 0 Å². The highest BCUT2D eigenvalue weighted by Gasteiger charge is 2.36. The van der Waals surface area contributed by atoms with Crippen molar-refractivity contribution in [1.29, 1.82) is 0 Å². The van der Waals surface area contributed by atoms with Crippen LogP contribution in [0, 0.1) is 25.7 Å². The molecular weight excluding hydrogens is 416 g/mol. The molecule has 0 spiro atoms. The van der Waals surface area contributed by atoms with E-state index in [-0.39, 0.29) is 22.6 Å². The molecule has 176 valence electrons. The Morgan fingerprint density at radius 1 is 1.13 bits per heavy atom. The summed E-state index contributed by atoms with van der Waals surface area (Å²) in [6, 6.07) is 0. The molecule has 1 aromatic rings. The maximum atomic E-state index is 13.0. The lowest BCUT2D eigenvalue weighted by Crippen LogP contribution is -2.43. The molecule has 9 heteroatoms. The summed E-state index contributed by atoms with van der Waals surface area (Å²) in [7, 11) is -3.61. The maximum Gasteiger partial charge on any atom is 0.248 e. The van der Waals surface area contributed by atoms with Gasteiger partial charge in [-0.3, -0.25) is 4.79 Å². The standard InChI is InChI=1S/C22H38N4O4S/c1-17(22(27)23-11-8-14-25-12-6-4-5-7-13-25)20-9-15-26(16-10-20)31(28,29)21-18(2)24-30-19(21)3/h17,20H,4-16H2,1-3H3,(H,23,27). The fourth-order valence-corrected chi connectivity index (χ4v) is 6.60. The highest BCUT2D eigenvalue weighted by Crippen LogP contribution is 2.30. The van der Waals surface area contributed by atoms with E-state index in [9.17, 15) is 13.2 Å².